The van der Waals surface area contributed by atoms with E-state index in [-0.39, 0.29) is 16.9 Å². The van der Waals surface area contributed by atoms with Crippen molar-refractivity contribution in [3.63, 3.8) is 0 Å². The molecule has 0 aliphatic heterocycles. The van der Waals surface area contributed by atoms with Crippen molar-refractivity contribution >= 4 is 51.9 Å². The lowest BCUT2D eigenvalue weighted by molar-refractivity contribution is 1.25. The van der Waals surface area contributed by atoms with E-state index < -0.39 is 3.79 Å². The third-order valence-electron chi connectivity index (χ3n) is 1.51. The normalized spacial score (nSPS) is 11.6. The average molecular weight is 241 g/mol. The van der Waals surface area contributed by atoms with E-state index in [1.165, 1.54) is 12.1 Å². The van der Waals surface area contributed by atoms with E-state index in [0.29, 0.717) is 5.69 Å². The molecule has 1 rings (SSSR count). The zero-order chi connectivity index (χ0) is 10.2. The maximum Gasteiger partial charge on any atom is 0.219 e. The van der Waals surface area contributed by atoms with Gasteiger partial charge in [-0.1, -0.05) is 34.8 Å². The number of rotatable bonds is 0. The molecule has 0 spiro atoms. The van der Waals surface area contributed by atoms with Crippen LogP contribution in [-0.4, -0.2) is 0 Å². The maximum absolute atomic E-state index is 5.65. The van der Waals surface area contributed by atoms with E-state index in [1.54, 1.807) is 0 Å². The van der Waals surface area contributed by atoms with Gasteiger partial charge in [0, 0.05) is 22.6 Å². The van der Waals surface area contributed by atoms with Crippen LogP contribution in [0.25, 0.3) is 0 Å². The molecule has 0 aromatic heterocycles. The summed E-state index contributed by atoms with van der Waals surface area (Å²) in [6, 6.07) is 2.99. The number of hydrogen-bond donors (Lipinski definition) is 3. The van der Waals surface area contributed by atoms with Crippen LogP contribution < -0.4 is 17.2 Å². The molecule has 0 atom stereocenters. The number of anilines is 3. The molecule has 0 unspecified atom stereocenters. The topological polar surface area (TPSA) is 78.1 Å². The van der Waals surface area contributed by atoms with Gasteiger partial charge in [0.25, 0.3) is 0 Å². The summed E-state index contributed by atoms with van der Waals surface area (Å²) in [5, 5.41) is 0. The molecular weight excluding hydrogens is 232 g/mol. The number of alkyl halides is 3. The molecule has 0 saturated heterocycles. The lowest BCUT2D eigenvalue weighted by atomic mass is 10.1. The van der Waals surface area contributed by atoms with Crippen LogP contribution in [0.2, 0.25) is 0 Å². The SMILES string of the molecule is Nc1cc(N)c(C(Cl)(Cl)Cl)c(N)c1. The van der Waals surface area contributed by atoms with Gasteiger partial charge < -0.3 is 17.2 Å². The fourth-order valence-electron chi connectivity index (χ4n) is 1.04. The molecule has 6 N–H and O–H groups in total. The zero-order valence-electron chi connectivity index (χ0n) is 6.52. The lowest BCUT2D eigenvalue weighted by Crippen LogP contribution is -2.10. The van der Waals surface area contributed by atoms with Gasteiger partial charge >= 0.3 is 0 Å². The third kappa shape index (κ3) is 2.24. The Hall–Kier alpha value is -0.510. The Bertz CT molecular complexity index is 309. The summed E-state index contributed by atoms with van der Waals surface area (Å²) in [6.07, 6.45) is 0. The minimum absolute atomic E-state index is 0.270. The Morgan fingerprint density at radius 2 is 1.31 bits per heavy atom. The minimum atomic E-state index is -1.62. The predicted octanol–water partition coefficient (Wildman–Crippen LogP) is 2.26. The van der Waals surface area contributed by atoms with Crippen LogP contribution in [0.5, 0.6) is 0 Å². The smallest absolute Gasteiger partial charge is 0.219 e. The van der Waals surface area contributed by atoms with E-state index in [4.69, 9.17) is 52.0 Å². The fraction of sp³-hybridized carbons (Fsp3) is 0.143. The minimum Gasteiger partial charge on any atom is -0.399 e. The summed E-state index contributed by atoms with van der Waals surface area (Å²) in [5.41, 5.74) is 17.9. The molecule has 72 valence electrons. The molecule has 0 heterocycles. The Labute approximate surface area is 90.7 Å². The van der Waals surface area contributed by atoms with Crippen LogP contribution >= 0.6 is 34.8 Å². The largest absolute Gasteiger partial charge is 0.399 e. The highest BCUT2D eigenvalue weighted by molar-refractivity contribution is 6.67. The highest BCUT2D eigenvalue weighted by atomic mass is 35.6. The van der Waals surface area contributed by atoms with Gasteiger partial charge in [-0.25, -0.2) is 0 Å². The van der Waals surface area contributed by atoms with Crippen molar-refractivity contribution in [3.05, 3.63) is 17.7 Å². The molecule has 1 aromatic carbocycles. The molecule has 0 amide bonds. The first-order chi connectivity index (χ1) is 5.82. The van der Waals surface area contributed by atoms with Crippen LogP contribution in [0, 0.1) is 0 Å². The molecule has 0 bridgehead atoms. The molecule has 0 radical (unpaired) electrons. The maximum atomic E-state index is 5.65. The first-order valence-electron chi connectivity index (χ1n) is 3.34. The summed E-state index contributed by atoms with van der Waals surface area (Å²) in [6.45, 7) is 0. The van der Waals surface area contributed by atoms with Gasteiger partial charge in [0.15, 0.2) is 0 Å². The van der Waals surface area contributed by atoms with E-state index in [9.17, 15) is 0 Å². The number of hydrogen-bond acceptors (Lipinski definition) is 3. The Morgan fingerprint density at radius 1 is 0.923 bits per heavy atom. The molecule has 0 aliphatic carbocycles. The van der Waals surface area contributed by atoms with Crippen LogP contribution in [0.15, 0.2) is 12.1 Å². The van der Waals surface area contributed by atoms with E-state index in [0.717, 1.165) is 0 Å². The van der Waals surface area contributed by atoms with Crippen molar-refractivity contribution in [2.75, 3.05) is 17.2 Å². The van der Waals surface area contributed by atoms with Crippen molar-refractivity contribution in [2.45, 2.75) is 3.79 Å². The van der Waals surface area contributed by atoms with Crippen molar-refractivity contribution in [1.29, 1.82) is 0 Å². The van der Waals surface area contributed by atoms with E-state index >= 15 is 0 Å². The van der Waals surface area contributed by atoms with Gasteiger partial charge in [0.05, 0.1) is 0 Å². The Kier molecular flexibility index (Phi) is 2.71. The second-order valence-electron chi connectivity index (χ2n) is 2.57. The zero-order valence-corrected chi connectivity index (χ0v) is 8.79. The highest BCUT2D eigenvalue weighted by Gasteiger charge is 2.28. The summed E-state index contributed by atoms with van der Waals surface area (Å²) in [7, 11) is 0. The molecule has 0 saturated carbocycles. The average Bonchev–Trinajstić information content (AvgIpc) is 1.78. The predicted molar refractivity (Wildman–Crippen MR) is 58.9 cm³/mol. The number of nitrogens with two attached hydrogens (primary N) is 3. The molecule has 6 heteroatoms. The van der Waals surface area contributed by atoms with Crippen molar-refractivity contribution < 1.29 is 0 Å². The first kappa shape index (κ1) is 10.6. The summed E-state index contributed by atoms with van der Waals surface area (Å²) < 4.78 is -1.62. The molecular formula is C7H8Cl3N3. The molecule has 13 heavy (non-hydrogen) atoms. The van der Waals surface area contributed by atoms with Gasteiger partial charge in [-0.15, -0.1) is 0 Å². The molecule has 3 nitrogen and oxygen atoms in total. The quantitative estimate of drug-likeness (QED) is 0.481. The number of benzene rings is 1. The van der Waals surface area contributed by atoms with Crippen LogP contribution in [-0.2, 0) is 3.79 Å². The van der Waals surface area contributed by atoms with Gasteiger partial charge in [-0.05, 0) is 12.1 Å². The summed E-state index contributed by atoms with van der Waals surface area (Å²) >= 11 is 17.0. The molecule has 1 aromatic rings. The Balaban J connectivity index is 3.38. The fourth-order valence-corrected chi connectivity index (χ4v) is 1.69. The molecule has 0 aliphatic rings. The van der Waals surface area contributed by atoms with E-state index in [1.807, 2.05) is 0 Å². The number of nitrogen functional groups attached to an aromatic ring is 3. The molecule has 0 fully saturated rings. The summed E-state index contributed by atoms with van der Waals surface area (Å²) in [5.74, 6) is 0. The standard InChI is InChI=1S/C7H8Cl3N3/c8-7(9,10)6-4(12)1-3(11)2-5(6)13/h1-2H,11-13H2. The Morgan fingerprint density at radius 3 is 1.62 bits per heavy atom. The second-order valence-corrected chi connectivity index (χ2v) is 4.85. The van der Waals surface area contributed by atoms with Crippen LogP contribution in [0.4, 0.5) is 17.1 Å². The van der Waals surface area contributed by atoms with Gasteiger partial charge in [0.2, 0.25) is 3.79 Å². The highest BCUT2D eigenvalue weighted by Crippen LogP contribution is 2.44. The third-order valence-corrected chi connectivity index (χ3v) is 2.07. The first-order valence-corrected chi connectivity index (χ1v) is 4.47. The summed E-state index contributed by atoms with van der Waals surface area (Å²) in [4.78, 5) is 0. The van der Waals surface area contributed by atoms with E-state index in [2.05, 4.69) is 0 Å². The monoisotopic (exact) mass is 239 g/mol. The van der Waals surface area contributed by atoms with Crippen LogP contribution in [0.1, 0.15) is 5.56 Å². The van der Waals surface area contributed by atoms with Gasteiger partial charge in [-0.3, -0.25) is 0 Å². The second kappa shape index (κ2) is 3.33. The van der Waals surface area contributed by atoms with Crippen molar-refractivity contribution in [3.8, 4) is 0 Å². The van der Waals surface area contributed by atoms with Crippen LogP contribution in [0.3, 0.4) is 0 Å². The number of halogens is 3. The lowest BCUT2D eigenvalue weighted by Gasteiger charge is -2.17. The van der Waals surface area contributed by atoms with Crippen molar-refractivity contribution in [1.82, 2.24) is 0 Å². The van der Waals surface area contributed by atoms with Gasteiger partial charge in [0.1, 0.15) is 0 Å². The van der Waals surface area contributed by atoms with Crippen molar-refractivity contribution in [2.24, 2.45) is 0 Å². The van der Waals surface area contributed by atoms with Gasteiger partial charge in [-0.2, -0.15) is 0 Å².